The van der Waals surface area contributed by atoms with Crippen molar-refractivity contribution in [1.29, 1.82) is 0 Å². The number of fused-ring (bicyclic) bond motifs is 7. The number of carbonyl (C=O) groups is 2. The Labute approximate surface area is 209 Å². The fourth-order valence-electron chi connectivity index (χ4n) is 10.1. The molecule has 0 amide bonds. The minimum atomic E-state index is -0.474. The molecule has 1 N–H and O–H groups in total. The Bertz CT molecular complexity index is 1020. The minimum absolute atomic E-state index is 0.0875. The van der Waals surface area contributed by atoms with Crippen LogP contribution in [-0.2, 0) is 16.1 Å². The van der Waals surface area contributed by atoms with Crippen LogP contribution < -0.4 is 0 Å². The van der Waals surface area contributed by atoms with Gasteiger partial charge in [-0.25, -0.2) is 4.79 Å². The van der Waals surface area contributed by atoms with Crippen LogP contribution in [0.2, 0.25) is 0 Å². The van der Waals surface area contributed by atoms with Crippen LogP contribution >= 0.6 is 0 Å². The molecule has 0 spiro atoms. The fraction of sp³-hybridized carbons (Fsp3) is 0.828. The molecule has 0 saturated heterocycles. The summed E-state index contributed by atoms with van der Waals surface area (Å²) in [6.07, 6.45) is 11.2. The van der Waals surface area contributed by atoms with Gasteiger partial charge in [0.15, 0.2) is 5.78 Å². The predicted octanol–water partition coefficient (Wildman–Crippen LogP) is 4.75. The van der Waals surface area contributed by atoms with Crippen LogP contribution in [0.5, 0.6) is 0 Å². The number of Topliss-reactive ketones (excluding diaryl/α,β-unsaturated/α-hetero) is 1. The average molecular weight is 483 g/mol. The Morgan fingerprint density at radius 2 is 1.89 bits per heavy atom. The summed E-state index contributed by atoms with van der Waals surface area (Å²) in [5.41, 5.74) is 0.0266. The number of hydrogen-bond donors (Lipinski definition) is 1. The van der Waals surface area contributed by atoms with Gasteiger partial charge >= 0.3 is 5.97 Å². The number of hydrogen-bond acceptors (Lipinski definition) is 5. The van der Waals surface area contributed by atoms with E-state index in [-0.39, 0.29) is 23.8 Å². The molecule has 1 aromatic heterocycles. The Morgan fingerprint density at radius 3 is 2.66 bits per heavy atom. The zero-order valence-electron chi connectivity index (χ0n) is 21.8. The topological polar surface area (TPSA) is 81.4 Å². The van der Waals surface area contributed by atoms with Crippen molar-refractivity contribution in [2.45, 2.75) is 84.8 Å². The number of ether oxygens (including phenoxy) is 1. The van der Waals surface area contributed by atoms with Gasteiger partial charge in [0.2, 0.25) is 0 Å². The van der Waals surface area contributed by atoms with E-state index in [1.807, 2.05) is 6.92 Å². The van der Waals surface area contributed by atoms with Gasteiger partial charge in [-0.15, -0.1) is 0 Å². The fourth-order valence-corrected chi connectivity index (χ4v) is 10.1. The lowest BCUT2D eigenvalue weighted by atomic mass is 9.47. The van der Waals surface area contributed by atoms with Crippen LogP contribution in [0.25, 0.3) is 0 Å². The van der Waals surface area contributed by atoms with Crippen molar-refractivity contribution in [2.75, 3.05) is 6.61 Å². The molecule has 35 heavy (non-hydrogen) atoms. The quantitative estimate of drug-likeness (QED) is 0.613. The van der Waals surface area contributed by atoms with Gasteiger partial charge in [0.25, 0.3) is 0 Å². The molecular weight excluding hydrogens is 440 g/mol. The molecular formula is C29H42N2O4. The van der Waals surface area contributed by atoms with Crippen molar-refractivity contribution in [3.05, 3.63) is 18.0 Å². The molecule has 0 unspecified atom stereocenters. The van der Waals surface area contributed by atoms with Gasteiger partial charge in [-0.05, 0) is 112 Å². The third-order valence-electron chi connectivity index (χ3n) is 11.4. The molecule has 6 nitrogen and oxygen atoms in total. The number of aromatic nitrogens is 2. The van der Waals surface area contributed by atoms with Crippen LogP contribution in [0.1, 0.15) is 83.0 Å². The van der Waals surface area contributed by atoms with Gasteiger partial charge in [-0.3, -0.25) is 9.48 Å². The smallest absolute Gasteiger partial charge is 0.341 e. The van der Waals surface area contributed by atoms with Gasteiger partial charge < -0.3 is 9.84 Å². The monoisotopic (exact) mass is 482 g/mol. The highest BCUT2D eigenvalue weighted by atomic mass is 16.5. The molecule has 6 rings (SSSR count). The molecule has 0 aliphatic heterocycles. The van der Waals surface area contributed by atoms with Crippen molar-refractivity contribution in [3.63, 3.8) is 0 Å². The van der Waals surface area contributed by atoms with Crippen LogP contribution in [0, 0.1) is 58.7 Å². The summed E-state index contributed by atoms with van der Waals surface area (Å²) in [6.45, 7) is 9.20. The number of aliphatic hydroxyl groups is 1. The van der Waals surface area contributed by atoms with Crippen molar-refractivity contribution in [3.8, 4) is 0 Å². The van der Waals surface area contributed by atoms with E-state index in [9.17, 15) is 14.7 Å². The Kier molecular flexibility index (Phi) is 5.52. The van der Waals surface area contributed by atoms with E-state index in [0.717, 1.165) is 37.0 Å². The average Bonchev–Trinajstić information content (AvgIpc) is 3.13. The van der Waals surface area contributed by atoms with Crippen LogP contribution in [0.3, 0.4) is 0 Å². The number of carbonyl (C=O) groups excluding carboxylic acids is 2. The van der Waals surface area contributed by atoms with E-state index in [1.54, 1.807) is 17.8 Å². The standard InChI is InChI=1S/C29H42N2O4/c1-5-35-27(33)18-13-30-31(14-18)15-22(32)26-24-16(2)23(24)25-21-7-6-17-12-28(3,34)10-8-19(17)20(21)9-11-29(25,26)4/h13-14,16-17,19-21,23-26,34H,5-12,15H2,1-4H3/t16-,17+,19-,20+,21+,23+,24-,25+,26-,28+,29-/m0/s1. The van der Waals surface area contributed by atoms with E-state index in [4.69, 9.17) is 4.74 Å². The van der Waals surface area contributed by atoms with Crippen molar-refractivity contribution >= 4 is 11.8 Å². The first kappa shape index (κ1) is 23.7. The maximum Gasteiger partial charge on any atom is 0.341 e. The highest BCUT2D eigenvalue weighted by Gasteiger charge is 2.73. The zero-order chi connectivity index (χ0) is 24.7. The lowest BCUT2D eigenvalue weighted by Crippen LogP contribution is -2.52. The predicted molar refractivity (Wildman–Crippen MR) is 131 cm³/mol. The summed E-state index contributed by atoms with van der Waals surface area (Å²) in [5, 5.41) is 15.0. The summed E-state index contributed by atoms with van der Waals surface area (Å²) in [6, 6.07) is 0. The van der Waals surface area contributed by atoms with E-state index in [0.29, 0.717) is 47.5 Å². The van der Waals surface area contributed by atoms with Crippen molar-refractivity contribution in [1.82, 2.24) is 9.78 Å². The molecule has 5 aliphatic rings. The molecule has 5 fully saturated rings. The first-order chi connectivity index (χ1) is 16.6. The van der Waals surface area contributed by atoms with Crippen molar-refractivity contribution < 1.29 is 19.4 Å². The summed E-state index contributed by atoms with van der Waals surface area (Å²) >= 11 is 0. The first-order valence-corrected chi connectivity index (χ1v) is 14.1. The highest BCUT2D eigenvalue weighted by molar-refractivity contribution is 5.89. The molecule has 192 valence electrons. The third kappa shape index (κ3) is 3.64. The van der Waals surface area contributed by atoms with Gasteiger partial charge in [0.1, 0.15) is 0 Å². The lowest BCUT2D eigenvalue weighted by molar-refractivity contribution is -0.137. The summed E-state index contributed by atoms with van der Waals surface area (Å²) in [4.78, 5) is 25.9. The van der Waals surface area contributed by atoms with Crippen LogP contribution in [-0.4, -0.2) is 38.8 Å². The SMILES string of the molecule is CCOC(=O)c1cnn(CC(=O)[C@H]2[C@H]3[C@@H](C)[C@H]3[C@H]3[C@@H]4CC[C@@H]5C[C@](C)(O)CC[C@@H]5[C@H]4CC[C@@]32C)c1. The molecule has 0 radical (unpaired) electrons. The molecule has 1 heterocycles. The van der Waals surface area contributed by atoms with Crippen LogP contribution in [0.15, 0.2) is 12.4 Å². The maximum atomic E-state index is 13.8. The van der Waals surface area contributed by atoms with Crippen molar-refractivity contribution in [2.24, 2.45) is 58.7 Å². The largest absolute Gasteiger partial charge is 0.462 e. The second-order valence-corrected chi connectivity index (χ2v) is 13.2. The third-order valence-corrected chi connectivity index (χ3v) is 11.4. The van der Waals surface area contributed by atoms with Gasteiger partial charge in [0, 0.05) is 12.1 Å². The van der Waals surface area contributed by atoms with Gasteiger partial charge in [-0.1, -0.05) is 13.8 Å². The molecule has 11 atom stereocenters. The Hall–Kier alpha value is -1.69. The molecule has 0 aromatic carbocycles. The molecule has 5 aliphatic carbocycles. The highest BCUT2D eigenvalue weighted by Crippen LogP contribution is 2.76. The molecule has 5 saturated carbocycles. The van der Waals surface area contributed by atoms with E-state index in [2.05, 4.69) is 18.9 Å². The summed E-state index contributed by atoms with van der Waals surface area (Å²) in [5.74, 6) is 5.51. The molecule has 0 bridgehead atoms. The summed E-state index contributed by atoms with van der Waals surface area (Å²) < 4.78 is 6.72. The number of nitrogens with zero attached hydrogens (tertiary/aromatic N) is 2. The second kappa shape index (κ2) is 8.16. The molecule has 1 aromatic rings. The normalized spacial score (nSPS) is 47.7. The van der Waals surface area contributed by atoms with Gasteiger partial charge in [-0.2, -0.15) is 5.10 Å². The summed E-state index contributed by atoms with van der Waals surface area (Å²) in [7, 11) is 0. The lowest BCUT2D eigenvalue weighted by Gasteiger charge is -2.58. The zero-order valence-corrected chi connectivity index (χ0v) is 21.8. The minimum Gasteiger partial charge on any atom is -0.462 e. The van der Waals surface area contributed by atoms with E-state index >= 15 is 0 Å². The molecule has 6 heteroatoms. The van der Waals surface area contributed by atoms with E-state index < -0.39 is 5.60 Å². The Morgan fingerprint density at radius 1 is 1.11 bits per heavy atom. The first-order valence-electron chi connectivity index (χ1n) is 14.1. The van der Waals surface area contributed by atoms with Gasteiger partial charge in [0.05, 0.1) is 30.5 Å². The Balaban J connectivity index is 1.21. The number of ketones is 1. The second-order valence-electron chi connectivity index (χ2n) is 13.2. The number of esters is 1. The van der Waals surface area contributed by atoms with Crippen LogP contribution in [0.4, 0.5) is 0 Å². The number of rotatable bonds is 5. The maximum absolute atomic E-state index is 13.8. The van der Waals surface area contributed by atoms with E-state index in [1.165, 1.54) is 31.9 Å².